The molecular weight excluding hydrogens is 354 g/mol. The summed E-state index contributed by atoms with van der Waals surface area (Å²) in [5.74, 6) is -0.104. The maximum Gasteiger partial charge on any atom is 0.404 e. The van der Waals surface area contributed by atoms with Gasteiger partial charge in [-0.2, -0.15) is 4.68 Å². The second-order valence-electron chi connectivity index (χ2n) is 4.60. The molecule has 1 aliphatic carbocycles. The molecular formula is C10H13Br2N3O2. The van der Waals surface area contributed by atoms with Gasteiger partial charge < -0.3 is 10.1 Å². The van der Waals surface area contributed by atoms with Crippen LogP contribution in [0.15, 0.2) is 10.7 Å². The highest BCUT2D eigenvalue weighted by molar-refractivity contribution is 9.10. The molecule has 0 bridgehead atoms. The molecule has 2 rings (SSSR count). The third-order valence-corrected chi connectivity index (χ3v) is 5.07. The minimum Gasteiger partial charge on any atom is -0.358 e. The quantitative estimate of drug-likeness (QED) is 0.465. The molecule has 0 atom stereocenters. The first-order chi connectivity index (χ1) is 8.06. The van der Waals surface area contributed by atoms with E-state index in [4.69, 9.17) is 0 Å². The van der Waals surface area contributed by atoms with E-state index in [1.54, 1.807) is 10.9 Å². The summed E-state index contributed by atoms with van der Waals surface area (Å²) in [5, 5.41) is 15.6. The molecule has 0 amide bonds. The number of halogens is 2. The van der Waals surface area contributed by atoms with Crippen LogP contribution >= 0.6 is 31.9 Å². The molecule has 1 aromatic rings. The maximum atomic E-state index is 10.7. The fourth-order valence-corrected chi connectivity index (χ4v) is 3.59. The van der Waals surface area contributed by atoms with Crippen molar-refractivity contribution in [1.29, 1.82) is 0 Å². The minimum absolute atomic E-state index is 0.104. The highest BCUT2D eigenvalue weighted by atomic mass is 79.9. The summed E-state index contributed by atoms with van der Waals surface area (Å²) in [4.78, 5) is 10.2. The first kappa shape index (κ1) is 13.0. The summed E-state index contributed by atoms with van der Waals surface area (Å²) in [5.41, 5.74) is 0.208. The van der Waals surface area contributed by atoms with Crippen LogP contribution in [0.5, 0.6) is 0 Å². The van der Waals surface area contributed by atoms with E-state index in [0.29, 0.717) is 4.47 Å². The highest BCUT2D eigenvalue weighted by Crippen LogP contribution is 2.41. The normalized spacial score (nSPS) is 18.5. The number of rotatable bonds is 4. The largest absolute Gasteiger partial charge is 0.404 e. The molecule has 17 heavy (non-hydrogen) atoms. The van der Waals surface area contributed by atoms with Crippen molar-refractivity contribution in [3.8, 4) is 0 Å². The number of hydrogen-bond donors (Lipinski definition) is 0. The van der Waals surface area contributed by atoms with Crippen molar-refractivity contribution in [1.82, 2.24) is 9.78 Å². The summed E-state index contributed by atoms with van der Waals surface area (Å²) < 4.78 is 2.14. The molecule has 0 aromatic carbocycles. The Labute approximate surface area is 116 Å². The van der Waals surface area contributed by atoms with Crippen molar-refractivity contribution in [2.45, 2.75) is 32.2 Å². The van der Waals surface area contributed by atoms with Gasteiger partial charge in [-0.15, -0.1) is 0 Å². The van der Waals surface area contributed by atoms with Gasteiger partial charge in [-0.1, -0.05) is 28.8 Å². The van der Waals surface area contributed by atoms with Gasteiger partial charge in [-0.3, -0.25) is 0 Å². The molecule has 5 nitrogen and oxygen atoms in total. The predicted molar refractivity (Wildman–Crippen MR) is 71.3 cm³/mol. The van der Waals surface area contributed by atoms with Crippen LogP contribution in [0.1, 0.15) is 25.7 Å². The van der Waals surface area contributed by atoms with Gasteiger partial charge in [0.05, 0.1) is 17.8 Å². The summed E-state index contributed by atoms with van der Waals surface area (Å²) in [6, 6.07) is 0. The summed E-state index contributed by atoms with van der Waals surface area (Å²) in [6.45, 7) is 0.741. The molecule has 7 heteroatoms. The molecule has 1 aliphatic rings. The van der Waals surface area contributed by atoms with E-state index in [2.05, 4.69) is 37.0 Å². The third kappa shape index (κ3) is 2.70. The molecule has 0 spiro atoms. The summed E-state index contributed by atoms with van der Waals surface area (Å²) in [7, 11) is 0. The van der Waals surface area contributed by atoms with Crippen LogP contribution in [0.3, 0.4) is 0 Å². The second-order valence-corrected chi connectivity index (χ2v) is 6.01. The zero-order chi connectivity index (χ0) is 12.5. The SMILES string of the molecule is O=[N+]([O-])c1nn(CC2(CBr)CCCC2)cc1Br. The van der Waals surface area contributed by atoms with Gasteiger partial charge in [0.1, 0.15) is 4.47 Å². The Hall–Kier alpha value is -0.430. The number of nitrogens with zero attached hydrogens (tertiary/aromatic N) is 3. The number of nitro groups is 1. The highest BCUT2D eigenvalue weighted by Gasteiger charge is 2.35. The first-order valence-corrected chi connectivity index (χ1v) is 7.41. The number of hydrogen-bond acceptors (Lipinski definition) is 3. The van der Waals surface area contributed by atoms with Crippen molar-refractivity contribution in [2.24, 2.45) is 5.41 Å². The Kier molecular flexibility index (Phi) is 3.87. The number of alkyl halides is 1. The van der Waals surface area contributed by atoms with Crippen LogP contribution in [0.25, 0.3) is 0 Å². The van der Waals surface area contributed by atoms with Gasteiger partial charge in [-0.05, 0) is 33.7 Å². The third-order valence-electron chi connectivity index (χ3n) is 3.32. The minimum atomic E-state index is -0.462. The summed E-state index contributed by atoms with van der Waals surface area (Å²) >= 11 is 6.73. The van der Waals surface area contributed by atoms with Crippen molar-refractivity contribution in [3.05, 3.63) is 20.8 Å². The van der Waals surface area contributed by atoms with Gasteiger partial charge in [0.25, 0.3) is 0 Å². The van der Waals surface area contributed by atoms with Gasteiger partial charge in [0.15, 0.2) is 0 Å². The molecule has 94 valence electrons. The summed E-state index contributed by atoms with van der Waals surface area (Å²) in [6.07, 6.45) is 6.47. The van der Waals surface area contributed by atoms with Crippen molar-refractivity contribution < 1.29 is 4.92 Å². The Morgan fingerprint density at radius 1 is 1.53 bits per heavy atom. The van der Waals surface area contributed by atoms with E-state index in [1.165, 1.54) is 12.8 Å². The van der Waals surface area contributed by atoms with Gasteiger partial charge in [0, 0.05) is 10.7 Å². The van der Waals surface area contributed by atoms with Crippen LogP contribution in [0.2, 0.25) is 0 Å². The lowest BCUT2D eigenvalue weighted by molar-refractivity contribution is -0.390. The molecule has 0 N–H and O–H groups in total. The average Bonchev–Trinajstić information content (AvgIpc) is 2.87. The molecule has 0 saturated heterocycles. The van der Waals surface area contributed by atoms with Gasteiger partial charge in [0.2, 0.25) is 0 Å². The Balaban J connectivity index is 2.18. The van der Waals surface area contributed by atoms with Crippen LogP contribution in [-0.4, -0.2) is 20.0 Å². The Morgan fingerprint density at radius 3 is 2.65 bits per heavy atom. The monoisotopic (exact) mass is 365 g/mol. The van der Waals surface area contributed by atoms with E-state index in [-0.39, 0.29) is 11.2 Å². The van der Waals surface area contributed by atoms with Crippen molar-refractivity contribution in [2.75, 3.05) is 5.33 Å². The molecule has 1 fully saturated rings. The van der Waals surface area contributed by atoms with E-state index >= 15 is 0 Å². The van der Waals surface area contributed by atoms with Crippen LogP contribution in [0.4, 0.5) is 5.82 Å². The van der Waals surface area contributed by atoms with E-state index in [1.807, 2.05) is 0 Å². The van der Waals surface area contributed by atoms with Gasteiger partial charge in [-0.25, -0.2) is 0 Å². The molecule has 0 aliphatic heterocycles. The van der Waals surface area contributed by atoms with E-state index in [9.17, 15) is 10.1 Å². The van der Waals surface area contributed by atoms with Crippen molar-refractivity contribution >= 4 is 37.7 Å². The fourth-order valence-electron chi connectivity index (χ4n) is 2.39. The lowest BCUT2D eigenvalue weighted by Gasteiger charge is -2.24. The fraction of sp³-hybridized carbons (Fsp3) is 0.700. The maximum absolute atomic E-state index is 10.7. The predicted octanol–water partition coefficient (Wildman–Crippen LogP) is 3.51. The molecule has 1 heterocycles. The zero-order valence-electron chi connectivity index (χ0n) is 9.23. The van der Waals surface area contributed by atoms with Crippen molar-refractivity contribution in [3.63, 3.8) is 0 Å². The zero-order valence-corrected chi connectivity index (χ0v) is 12.4. The van der Waals surface area contributed by atoms with Crippen LogP contribution in [-0.2, 0) is 6.54 Å². The lowest BCUT2D eigenvalue weighted by Crippen LogP contribution is -2.25. The average molecular weight is 367 g/mol. The smallest absolute Gasteiger partial charge is 0.358 e. The lowest BCUT2D eigenvalue weighted by atomic mass is 9.89. The second kappa shape index (κ2) is 5.06. The molecule has 1 saturated carbocycles. The van der Waals surface area contributed by atoms with Crippen LogP contribution in [0, 0.1) is 15.5 Å². The Bertz CT molecular complexity index is 427. The number of aromatic nitrogens is 2. The standard InChI is InChI=1S/C10H13Br2N3O2/c11-6-10(3-1-2-4-10)7-14-5-8(12)9(13-14)15(16)17/h5H,1-4,6-7H2. The van der Waals surface area contributed by atoms with Crippen LogP contribution < -0.4 is 0 Å². The van der Waals surface area contributed by atoms with E-state index in [0.717, 1.165) is 24.7 Å². The molecule has 0 radical (unpaired) electrons. The Morgan fingerprint density at radius 2 is 2.18 bits per heavy atom. The molecule has 1 aromatic heterocycles. The first-order valence-electron chi connectivity index (χ1n) is 5.50. The topological polar surface area (TPSA) is 61.0 Å². The van der Waals surface area contributed by atoms with E-state index < -0.39 is 4.92 Å². The van der Waals surface area contributed by atoms with Gasteiger partial charge >= 0.3 is 5.82 Å². The molecule has 0 unspecified atom stereocenters.